The van der Waals surface area contributed by atoms with Crippen molar-refractivity contribution in [1.82, 2.24) is 19.7 Å². The third-order valence-electron chi connectivity index (χ3n) is 4.03. The average molecular weight is 358 g/mol. The van der Waals surface area contributed by atoms with Crippen LogP contribution < -0.4 is 0 Å². The number of rotatable bonds is 7. The van der Waals surface area contributed by atoms with Gasteiger partial charge < -0.3 is 9.26 Å². The number of benzene rings is 1. The van der Waals surface area contributed by atoms with Crippen LogP contribution in [0.15, 0.2) is 40.3 Å². The summed E-state index contributed by atoms with van der Waals surface area (Å²) in [5.74, 6) is 1.71. The normalized spacial score (nSPS) is 12.5. The van der Waals surface area contributed by atoms with Gasteiger partial charge in [-0.2, -0.15) is 4.98 Å². The van der Waals surface area contributed by atoms with Crippen LogP contribution in [0.5, 0.6) is 0 Å². The summed E-state index contributed by atoms with van der Waals surface area (Å²) in [6.45, 7) is 8.71. The molecule has 7 heteroatoms. The van der Waals surface area contributed by atoms with Gasteiger partial charge in [0.1, 0.15) is 6.10 Å². The number of hydrogen-bond acceptors (Lipinski definition) is 6. The lowest BCUT2D eigenvalue weighted by Gasteiger charge is -2.11. The van der Waals surface area contributed by atoms with Gasteiger partial charge in [-0.05, 0) is 44.9 Å². The molecular formula is C18H22N4O2S. The second-order valence-corrected chi connectivity index (χ2v) is 6.67. The maximum atomic E-state index is 5.48. The van der Waals surface area contributed by atoms with Crippen LogP contribution in [0.4, 0.5) is 0 Å². The highest BCUT2D eigenvalue weighted by atomic mass is 32.2. The van der Waals surface area contributed by atoms with E-state index in [0.29, 0.717) is 24.1 Å². The summed E-state index contributed by atoms with van der Waals surface area (Å²) in [5, 5.41) is 4.88. The van der Waals surface area contributed by atoms with E-state index in [1.165, 1.54) is 11.1 Å². The Morgan fingerprint density at radius 2 is 2.16 bits per heavy atom. The van der Waals surface area contributed by atoms with E-state index in [0.717, 1.165) is 10.8 Å². The van der Waals surface area contributed by atoms with Crippen molar-refractivity contribution in [3.8, 4) is 5.69 Å². The number of aryl methyl sites for hydroxylation is 1. The quantitative estimate of drug-likeness (QED) is 0.588. The second-order valence-electron chi connectivity index (χ2n) is 5.73. The van der Waals surface area contributed by atoms with Crippen molar-refractivity contribution < 1.29 is 9.26 Å². The van der Waals surface area contributed by atoms with Crippen LogP contribution in [0, 0.1) is 13.8 Å². The molecule has 3 rings (SSSR count). The average Bonchev–Trinajstić information content (AvgIpc) is 3.25. The molecule has 25 heavy (non-hydrogen) atoms. The molecule has 1 atom stereocenters. The third kappa shape index (κ3) is 3.93. The van der Waals surface area contributed by atoms with E-state index >= 15 is 0 Å². The minimum Gasteiger partial charge on any atom is -0.371 e. The SMILES string of the molecule is CCOC(C)c1noc(CSc2nccn2-c2cccc(C)c2C)n1. The minimum absolute atomic E-state index is 0.163. The molecule has 0 bridgehead atoms. The molecule has 0 saturated carbocycles. The van der Waals surface area contributed by atoms with E-state index in [2.05, 4.69) is 51.7 Å². The first-order chi connectivity index (χ1) is 12.1. The Bertz CT molecular complexity index is 843. The molecule has 0 aliphatic rings. The van der Waals surface area contributed by atoms with E-state index < -0.39 is 0 Å². The summed E-state index contributed by atoms with van der Waals surface area (Å²) >= 11 is 1.57. The summed E-state index contributed by atoms with van der Waals surface area (Å²) in [7, 11) is 0. The lowest BCUT2D eigenvalue weighted by atomic mass is 10.1. The largest absolute Gasteiger partial charge is 0.371 e. The molecule has 2 aromatic heterocycles. The highest BCUT2D eigenvalue weighted by Gasteiger charge is 2.15. The van der Waals surface area contributed by atoms with Crippen molar-refractivity contribution in [3.05, 3.63) is 53.4 Å². The van der Waals surface area contributed by atoms with E-state index in [9.17, 15) is 0 Å². The number of aromatic nitrogens is 4. The molecular weight excluding hydrogens is 336 g/mol. The zero-order valence-electron chi connectivity index (χ0n) is 14.9. The van der Waals surface area contributed by atoms with Crippen molar-refractivity contribution in [2.75, 3.05) is 6.61 Å². The maximum absolute atomic E-state index is 5.48. The van der Waals surface area contributed by atoms with Gasteiger partial charge in [0.15, 0.2) is 11.0 Å². The minimum atomic E-state index is -0.163. The summed E-state index contributed by atoms with van der Waals surface area (Å²) in [6.07, 6.45) is 3.62. The van der Waals surface area contributed by atoms with Gasteiger partial charge in [-0.25, -0.2) is 4.98 Å². The van der Waals surface area contributed by atoms with Gasteiger partial charge in [0.2, 0.25) is 5.89 Å². The van der Waals surface area contributed by atoms with Crippen molar-refractivity contribution in [2.24, 2.45) is 0 Å². The molecule has 2 heterocycles. The molecule has 132 valence electrons. The molecule has 0 saturated heterocycles. The van der Waals surface area contributed by atoms with Crippen LogP contribution in [0.25, 0.3) is 5.69 Å². The monoisotopic (exact) mass is 358 g/mol. The number of hydrogen-bond donors (Lipinski definition) is 0. The van der Waals surface area contributed by atoms with Gasteiger partial charge in [-0.1, -0.05) is 29.1 Å². The molecule has 0 radical (unpaired) electrons. The van der Waals surface area contributed by atoms with Gasteiger partial charge in [-0.15, -0.1) is 0 Å². The van der Waals surface area contributed by atoms with Gasteiger partial charge in [0.05, 0.1) is 11.4 Å². The molecule has 0 spiro atoms. The summed E-state index contributed by atoms with van der Waals surface area (Å²) in [5.41, 5.74) is 3.64. The molecule has 1 aromatic carbocycles. The van der Waals surface area contributed by atoms with Gasteiger partial charge >= 0.3 is 0 Å². The Morgan fingerprint density at radius 1 is 1.32 bits per heavy atom. The fourth-order valence-electron chi connectivity index (χ4n) is 2.52. The number of imidazole rings is 1. The fraction of sp³-hybridized carbons (Fsp3) is 0.389. The lowest BCUT2D eigenvalue weighted by Crippen LogP contribution is -2.01. The summed E-state index contributed by atoms with van der Waals surface area (Å²) in [6, 6.07) is 6.27. The third-order valence-corrected chi connectivity index (χ3v) is 4.98. The molecule has 6 nitrogen and oxygen atoms in total. The predicted octanol–water partition coefficient (Wildman–Crippen LogP) is 4.26. The summed E-state index contributed by atoms with van der Waals surface area (Å²) < 4.78 is 12.9. The molecule has 0 fully saturated rings. The smallest absolute Gasteiger partial charge is 0.237 e. The van der Waals surface area contributed by atoms with Gasteiger partial charge in [0.25, 0.3) is 0 Å². The van der Waals surface area contributed by atoms with Gasteiger partial charge in [0, 0.05) is 19.0 Å². The molecule has 3 aromatic rings. The van der Waals surface area contributed by atoms with Crippen LogP contribution >= 0.6 is 11.8 Å². The van der Waals surface area contributed by atoms with Crippen molar-refractivity contribution in [3.63, 3.8) is 0 Å². The first kappa shape index (κ1) is 17.7. The van der Waals surface area contributed by atoms with Crippen LogP contribution in [0.2, 0.25) is 0 Å². The molecule has 0 amide bonds. The van der Waals surface area contributed by atoms with E-state index in [1.807, 2.05) is 20.0 Å². The van der Waals surface area contributed by atoms with E-state index in [4.69, 9.17) is 9.26 Å². The lowest BCUT2D eigenvalue weighted by molar-refractivity contribution is 0.0683. The fourth-order valence-corrected chi connectivity index (χ4v) is 3.32. The first-order valence-electron chi connectivity index (χ1n) is 8.27. The number of nitrogens with zero attached hydrogens (tertiary/aromatic N) is 4. The highest BCUT2D eigenvalue weighted by molar-refractivity contribution is 7.98. The maximum Gasteiger partial charge on any atom is 0.237 e. The van der Waals surface area contributed by atoms with Crippen LogP contribution in [0.1, 0.15) is 42.8 Å². The highest BCUT2D eigenvalue weighted by Crippen LogP contribution is 2.26. The van der Waals surface area contributed by atoms with Gasteiger partial charge in [-0.3, -0.25) is 4.57 Å². The topological polar surface area (TPSA) is 66.0 Å². The predicted molar refractivity (Wildman–Crippen MR) is 96.9 cm³/mol. The Morgan fingerprint density at radius 3 is 2.96 bits per heavy atom. The molecule has 0 aliphatic heterocycles. The number of thioether (sulfide) groups is 1. The molecule has 0 aliphatic carbocycles. The second kappa shape index (κ2) is 7.84. The van der Waals surface area contributed by atoms with E-state index in [1.54, 1.807) is 18.0 Å². The molecule has 1 unspecified atom stereocenters. The van der Waals surface area contributed by atoms with Crippen LogP contribution in [-0.4, -0.2) is 26.3 Å². The Kier molecular flexibility index (Phi) is 5.55. The van der Waals surface area contributed by atoms with Crippen molar-refractivity contribution in [1.29, 1.82) is 0 Å². The Labute approximate surface area is 151 Å². The first-order valence-corrected chi connectivity index (χ1v) is 9.25. The van der Waals surface area contributed by atoms with Crippen molar-refractivity contribution in [2.45, 2.75) is 44.7 Å². The Hall–Kier alpha value is -2.12. The molecule has 0 N–H and O–H groups in total. The van der Waals surface area contributed by atoms with Crippen molar-refractivity contribution >= 4 is 11.8 Å². The number of ether oxygens (including phenoxy) is 1. The van der Waals surface area contributed by atoms with E-state index in [-0.39, 0.29) is 6.10 Å². The Balaban J connectivity index is 1.73. The van der Waals surface area contributed by atoms with Crippen LogP contribution in [-0.2, 0) is 10.5 Å². The van der Waals surface area contributed by atoms with Crippen LogP contribution in [0.3, 0.4) is 0 Å². The zero-order valence-corrected chi connectivity index (χ0v) is 15.7. The zero-order chi connectivity index (χ0) is 17.8. The summed E-state index contributed by atoms with van der Waals surface area (Å²) in [4.78, 5) is 8.86. The standard InChI is InChI=1S/C18H22N4O2S/c1-5-23-14(4)17-20-16(24-21-17)11-25-18-19-9-10-22(18)15-8-6-7-12(2)13(15)3/h6-10,14H,5,11H2,1-4H3.